The van der Waals surface area contributed by atoms with Gasteiger partial charge in [-0.1, -0.05) is 6.07 Å². The zero-order valence-corrected chi connectivity index (χ0v) is 10.9. The van der Waals surface area contributed by atoms with Crippen molar-refractivity contribution in [3.8, 4) is 5.75 Å². The van der Waals surface area contributed by atoms with Gasteiger partial charge in [-0.15, -0.1) is 0 Å². The maximum absolute atomic E-state index is 12.1. The predicted molar refractivity (Wildman–Crippen MR) is 71.9 cm³/mol. The van der Waals surface area contributed by atoms with Gasteiger partial charge in [0.05, 0.1) is 24.6 Å². The number of aryl methyl sites for hydroxylation is 1. The minimum atomic E-state index is -0.232. The smallest absolute Gasteiger partial charge is 0.255 e. The first-order chi connectivity index (χ1) is 9.13. The second-order valence-corrected chi connectivity index (χ2v) is 4.13. The van der Waals surface area contributed by atoms with Crippen LogP contribution in [0.3, 0.4) is 0 Å². The van der Waals surface area contributed by atoms with E-state index < -0.39 is 0 Å². The Kier molecular flexibility index (Phi) is 3.70. The molecule has 6 heteroatoms. The highest BCUT2D eigenvalue weighted by atomic mass is 16.5. The second kappa shape index (κ2) is 5.43. The summed E-state index contributed by atoms with van der Waals surface area (Å²) in [6, 6.07) is 5.08. The third-order valence-corrected chi connectivity index (χ3v) is 2.87. The summed E-state index contributed by atoms with van der Waals surface area (Å²) in [5, 5.41) is 9.53. The number of rotatable bonds is 4. The van der Waals surface area contributed by atoms with Gasteiger partial charge in [-0.05, 0) is 19.1 Å². The molecule has 4 N–H and O–H groups in total. The number of aromatic nitrogens is 2. The number of nitrogen functional groups attached to an aromatic ring is 1. The van der Waals surface area contributed by atoms with Crippen LogP contribution < -0.4 is 15.8 Å². The van der Waals surface area contributed by atoms with Crippen LogP contribution in [-0.4, -0.2) is 23.2 Å². The molecule has 2 rings (SSSR count). The van der Waals surface area contributed by atoms with E-state index in [1.807, 2.05) is 6.92 Å². The van der Waals surface area contributed by atoms with E-state index in [0.717, 1.165) is 11.3 Å². The van der Waals surface area contributed by atoms with Gasteiger partial charge >= 0.3 is 0 Å². The first-order valence-corrected chi connectivity index (χ1v) is 5.83. The Morgan fingerprint density at radius 2 is 2.32 bits per heavy atom. The molecule has 6 nitrogen and oxygen atoms in total. The monoisotopic (exact) mass is 260 g/mol. The number of H-pyrrole nitrogens is 1. The fraction of sp³-hybridized carbons (Fsp3) is 0.231. The Hall–Kier alpha value is -2.50. The molecular formula is C13H16N4O2. The number of para-hydroxylation sites is 1. The van der Waals surface area contributed by atoms with E-state index in [1.165, 1.54) is 7.11 Å². The number of carbonyl (C=O) groups is 1. The molecule has 2 aromatic rings. The number of aromatic amines is 1. The molecule has 0 radical (unpaired) electrons. The summed E-state index contributed by atoms with van der Waals surface area (Å²) in [4.78, 5) is 12.1. The molecule has 0 spiro atoms. The van der Waals surface area contributed by atoms with E-state index in [0.29, 0.717) is 23.5 Å². The lowest BCUT2D eigenvalue weighted by molar-refractivity contribution is 0.0948. The van der Waals surface area contributed by atoms with E-state index >= 15 is 0 Å². The average Bonchev–Trinajstić information content (AvgIpc) is 2.81. The molecule has 0 aliphatic heterocycles. The summed E-state index contributed by atoms with van der Waals surface area (Å²) in [5.74, 6) is 0.161. The summed E-state index contributed by atoms with van der Waals surface area (Å²) in [6.07, 6.45) is 1.69. The van der Waals surface area contributed by atoms with Crippen molar-refractivity contribution in [1.82, 2.24) is 15.5 Å². The molecule has 1 amide bonds. The number of benzene rings is 1. The maximum Gasteiger partial charge on any atom is 0.255 e. The predicted octanol–water partition coefficient (Wildman–Crippen LogP) is 1.24. The van der Waals surface area contributed by atoms with Crippen LogP contribution in [0.5, 0.6) is 5.75 Å². The SMILES string of the molecule is COc1c(N)cccc1C(=O)NCc1cn[nH]c1C. The second-order valence-electron chi connectivity index (χ2n) is 4.13. The largest absolute Gasteiger partial charge is 0.494 e. The first kappa shape index (κ1) is 12.9. The van der Waals surface area contributed by atoms with Crippen LogP contribution in [0.1, 0.15) is 21.6 Å². The highest BCUT2D eigenvalue weighted by Gasteiger charge is 2.14. The summed E-state index contributed by atoms with van der Waals surface area (Å²) in [5.41, 5.74) is 8.50. The van der Waals surface area contributed by atoms with Gasteiger partial charge in [-0.2, -0.15) is 5.10 Å². The lowest BCUT2D eigenvalue weighted by atomic mass is 10.1. The van der Waals surface area contributed by atoms with E-state index in [4.69, 9.17) is 10.5 Å². The summed E-state index contributed by atoms with van der Waals surface area (Å²) in [7, 11) is 1.49. The van der Waals surface area contributed by atoms with Gasteiger partial charge in [0.25, 0.3) is 5.91 Å². The average molecular weight is 260 g/mol. The zero-order chi connectivity index (χ0) is 13.8. The molecule has 100 valence electrons. The van der Waals surface area contributed by atoms with E-state index in [2.05, 4.69) is 15.5 Å². The highest BCUT2D eigenvalue weighted by Crippen LogP contribution is 2.25. The zero-order valence-electron chi connectivity index (χ0n) is 10.9. The van der Waals surface area contributed by atoms with E-state index in [1.54, 1.807) is 24.4 Å². The quantitative estimate of drug-likeness (QED) is 0.721. The highest BCUT2D eigenvalue weighted by molar-refractivity contribution is 5.98. The molecule has 0 aliphatic carbocycles. The summed E-state index contributed by atoms with van der Waals surface area (Å²) < 4.78 is 5.15. The molecule has 19 heavy (non-hydrogen) atoms. The molecule has 0 fully saturated rings. The molecule has 1 aromatic carbocycles. The number of carbonyl (C=O) groups excluding carboxylic acids is 1. The molecule has 0 bridgehead atoms. The third-order valence-electron chi connectivity index (χ3n) is 2.87. The van der Waals surface area contributed by atoms with Crippen LogP contribution in [0.2, 0.25) is 0 Å². The normalized spacial score (nSPS) is 10.2. The summed E-state index contributed by atoms with van der Waals surface area (Å²) in [6.45, 7) is 2.30. The van der Waals surface area contributed by atoms with Gasteiger partial charge in [0.1, 0.15) is 0 Å². The maximum atomic E-state index is 12.1. The Bertz CT molecular complexity index is 592. The van der Waals surface area contributed by atoms with Crippen LogP contribution in [0.4, 0.5) is 5.69 Å². The Morgan fingerprint density at radius 3 is 2.95 bits per heavy atom. The number of nitrogens with two attached hydrogens (primary N) is 1. The Balaban J connectivity index is 2.12. The molecule has 0 atom stereocenters. The molecular weight excluding hydrogens is 244 g/mol. The van der Waals surface area contributed by atoms with Gasteiger partial charge in [-0.25, -0.2) is 0 Å². The van der Waals surface area contributed by atoms with Crippen molar-refractivity contribution in [1.29, 1.82) is 0 Å². The minimum Gasteiger partial charge on any atom is -0.494 e. The van der Waals surface area contributed by atoms with Crippen molar-refractivity contribution in [2.45, 2.75) is 13.5 Å². The third kappa shape index (κ3) is 2.67. The number of methoxy groups -OCH3 is 1. The van der Waals surface area contributed by atoms with Crippen LogP contribution in [0.15, 0.2) is 24.4 Å². The number of ether oxygens (including phenoxy) is 1. The van der Waals surface area contributed by atoms with Gasteiger partial charge in [0.15, 0.2) is 5.75 Å². The lowest BCUT2D eigenvalue weighted by Crippen LogP contribution is -2.23. The van der Waals surface area contributed by atoms with Crippen LogP contribution >= 0.6 is 0 Å². The van der Waals surface area contributed by atoms with Gasteiger partial charge in [0, 0.05) is 17.8 Å². The molecule has 1 heterocycles. The topological polar surface area (TPSA) is 93.0 Å². The van der Waals surface area contributed by atoms with Crippen molar-refractivity contribution in [2.24, 2.45) is 0 Å². The van der Waals surface area contributed by atoms with Crippen LogP contribution in [0, 0.1) is 6.92 Å². The van der Waals surface area contributed by atoms with Crippen molar-refractivity contribution < 1.29 is 9.53 Å². The Labute approximate surface area is 111 Å². The molecule has 0 saturated carbocycles. The fourth-order valence-corrected chi connectivity index (χ4v) is 1.79. The number of hydrogen-bond donors (Lipinski definition) is 3. The number of amides is 1. The minimum absolute atomic E-state index is 0.232. The molecule has 0 aliphatic rings. The van der Waals surface area contributed by atoms with Crippen molar-refractivity contribution in [3.63, 3.8) is 0 Å². The first-order valence-electron chi connectivity index (χ1n) is 5.83. The Morgan fingerprint density at radius 1 is 1.53 bits per heavy atom. The number of hydrogen-bond acceptors (Lipinski definition) is 4. The number of nitrogens with one attached hydrogen (secondary N) is 2. The number of anilines is 1. The lowest BCUT2D eigenvalue weighted by Gasteiger charge is -2.11. The standard InChI is InChI=1S/C13H16N4O2/c1-8-9(7-16-17-8)6-15-13(18)10-4-3-5-11(14)12(10)19-2/h3-5,7H,6,14H2,1-2H3,(H,15,18)(H,16,17). The summed E-state index contributed by atoms with van der Waals surface area (Å²) >= 11 is 0. The van der Waals surface area contributed by atoms with Crippen LogP contribution in [0.25, 0.3) is 0 Å². The fourth-order valence-electron chi connectivity index (χ4n) is 1.79. The molecule has 0 saturated heterocycles. The van der Waals surface area contributed by atoms with Gasteiger partial charge < -0.3 is 15.8 Å². The van der Waals surface area contributed by atoms with E-state index in [-0.39, 0.29) is 5.91 Å². The van der Waals surface area contributed by atoms with Crippen molar-refractivity contribution >= 4 is 11.6 Å². The van der Waals surface area contributed by atoms with Crippen LogP contribution in [-0.2, 0) is 6.54 Å². The molecule has 0 unspecified atom stereocenters. The van der Waals surface area contributed by atoms with Gasteiger partial charge in [-0.3, -0.25) is 9.89 Å². The van der Waals surface area contributed by atoms with E-state index in [9.17, 15) is 4.79 Å². The number of nitrogens with zero attached hydrogens (tertiary/aromatic N) is 1. The van der Waals surface area contributed by atoms with Crippen molar-refractivity contribution in [3.05, 3.63) is 41.2 Å². The van der Waals surface area contributed by atoms with Gasteiger partial charge in [0.2, 0.25) is 0 Å². The van der Waals surface area contributed by atoms with Crippen molar-refractivity contribution in [2.75, 3.05) is 12.8 Å². The molecule has 1 aromatic heterocycles.